The summed E-state index contributed by atoms with van der Waals surface area (Å²) in [5.74, 6) is 1.56. The van der Waals surface area contributed by atoms with Crippen LogP contribution < -0.4 is 5.32 Å². The van der Waals surface area contributed by atoms with Crippen LogP contribution in [0.4, 0.5) is 0 Å². The van der Waals surface area contributed by atoms with Crippen LogP contribution in [0.3, 0.4) is 0 Å². The minimum absolute atomic E-state index is 0.690. The van der Waals surface area contributed by atoms with Crippen molar-refractivity contribution >= 4 is 29.2 Å². The van der Waals surface area contributed by atoms with Gasteiger partial charge >= 0.3 is 0 Å². The van der Waals surface area contributed by atoms with Crippen molar-refractivity contribution in [1.82, 2.24) is 10.2 Å². The summed E-state index contributed by atoms with van der Waals surface area (Å²) in [5, 5.41) is 3.38. The van der Waals surface area contributed by atoms with Crippen molar-refractivity contribution in [1.29, 1.82) is 0 Å². The van der Waals surface area contributed by atoms with Crippen LogP contribution in [-0.2, 0) is 0 Å². The number of thiocarbonyl (C=S) groups is 1. The maximum atomic E-state index is 4.81. The van der Waals surface area contributed by atoms with E-state index in [1.54, 1.807) is 0 Å². The summed E-state index contributed by atoms with van der Waals surface area (Å²) in [6.45, 7) is 17.3. The van der Waals surface area contributed by atoms with Crippen molar-refractivity contribution < 1.29 is 0 Å². The molecule has 0 aliphatic heterocycles. The summed E-state index contributed by atoms with van der Waals surface area (Å²) in [5.41, 5.74) is 0. The van der Waals surface area contributed by atoms with Gasteiger partial charge in [0.05, 0.1) is 0 Å². The summed E-state index contributed by atoms with van der Waals surface area (Å²) in [6, 6.07) is 0. The first-order chi connectivity index (χ1) is 7.84. The van der Waals surface area contributed by atoms with Crippen LogP contribution in [0.1, 0.15) is 41.5 Å². The molecule has 0 aliphatic carbocycles. The minimum atomic E-state index is 0.690. The van der Waals surface area contributed by atoms with Crippen LogP contribution in [0.25, 0.3) is 0 Å². The third-order valence-electron chi connectivity index (χ3n) is 2.14. The Morgan fingerprint density at radius 1 is 1.06 bits per heavy atom. The molecule has 0 aromatic rings. The number of nitrogens with zero attached hydrogens (tertiary/aromatic N) is 1. The Bertz CT molecular complexity index is 170. The molecule has 0 atom stereocenters. The van der Waals surface area contributed by atoms with E-state index in [0.29, 0.717) is 4.32 Å². The SMILES string of the molecule is CC(C)CNCC(C)C.CCN(CC)C(=S)S. The first kappa shape index (κ1) is 19.5. The number of thiol groups is 1. The van der Waals surface area contributed by atoms with Gasteiger partial charge < -0.3 is 10.2 Å². The lowest BCUT2D eigenvalue weighted by atomic mass is 10.2. The van der Waals surface area contributed by atoms with Gasteiger partial charge in [-0.2, -0.15) is 0 Å². The van der Waals surface area contributed by atoms with Crippen LogP contribution in [0.5, 0.6) is 0 Å². The standard InChI is InChI=1S/C8H19N.C5H11NS2/c1-7(2)5-9-6-8(3)4;1-3-6(4-2)5(7)8/h7-9H,5-6H2,1-4H3;3-4H2,1-2H3,(H,7,8). The van der Waals surface area contributed by atoms with Gasteiger partial charge in [-0.3, -0.25) is 0 Å². The third kappa shape index (κ3) is 16.2. The average Bonchev–Trinajstić information content (AvgIpc) is 2.18. The zero-order valence-corrected chi connectivity index (χ0v) is 14.0. The summed E-state index contributed by atoms with van der Waals surface area (Å²) >= 11 is 8.82. The van der Waals surface area contributed by atoms with Gasteiger partial charge in [0.2, 0.25) is 0 Å². The van der Waals surface area contributed by atoms with Gasteiger partial charge in [-0.05, 0) is 38.8 Å². The fourth-order valence-corrected chi connectivity index (χ4v) is 1.70. The molecule has 0 heterocycles. The van der Waals surface area contributed by atoms with Crippen molar-refractivity contribution in [3.63, 3.8) is 0 Å². The van der Waals surface area contributed by atoms with Gasteiger partial charge in [0.15, 0.2) is 0 Å². The molecule has 0 saturated heterocycles. The maximum Gasteiger partial charge on any atom is 0.133 e. The molecule has 17 heavy (non-hydrogen) atoms. The van der Waals surface area contributed by atoms with E-state index in [1.165, 1.54) is 0 Å². The molecule has 0 bridgehead atoms. The van der Waals surface area contributed by atoms with Crippen LogP contribution in [0.15, 0.2) is 0 Å². The zero-order chi connectivity index (χ0) is 13.8. The predicted octanol–water partition coefficient (Wildman–Crippen LogP) is 3.43. The number of rotatable bonds is 6. The van der Waals surface area contributed by atoms with Crippen LogP contribution in [0.2, 0.25) is 0 Å². The molecule has 0 aromatic heterocycles. The molecule has 0 spiro atoms. The van der Waals surface area contributed by atoms with E-state index < -0.39 is 0 Å². The minimum Gasteiger partial charge on any atom is -0.358 e. The summed E-state index contributed by atoms with van der Waals surface area (Å²) in [4.78, 5) is 2.01. The largest absolute Gasteiger partial charge is 0.358 e. The summed E-state index contributed by atoms with van der Waals surface area (Å²) < 4.78 is 0.690. The second kappa shape index (κ2) is 12.7. The molecule has 104 valence electrons. The first-order valence-corrected chi connectivity index (χ1v) is 7.39. The van der Waals surface area contributed by atoms with E-state index in [0.717, 1.165) is 38.0 Å². The van der Waals surface area contributed by atoms with Crippen molar-refractivity contribution in [3.05, 3.63) is 0 Å². The van der Waals surface area contributed by atoms with Gasteiger partial charge in [-0.25, -0.2) is 0 Å². The third-order valence-corrected chi connectivity index (χ3v) is 2.68. The lowest BCUT2D eigenvalue weighted by Crippen LogP contribution is -2.24. The maximum absolute atomic E-state index is 4.81. The van der Waals surface area contributed by atoms with Crippen molar-refractivity contribution in [2.24, 2.45) is 11.8 Å². The predicted molar refractivity (Wildman–Crippen MR) is 87.1 cm³/mol. The van der Waals surface area contributed by atoms with Gasteiger partial charge in [0.1, 0.15) is 4.32 Å². The Morgan fingerprint density at radius 2 is 1.41 bits per heavy atom. The topological polar surface area (TPSA) is 15.3 Å². The molecule has 1 N–H and O–H groups in total. The lowest BCUT2D eigenvalue weighted by Gasteiger charge is -2.16. The van der Waals surface area contributed by atoms with E-state index >= 15 is 0 Å². The Labute approximate surface area is 119 Å². The fourth-order valence-electron chi connectivity index (χ4n) is 1.15. The summed E-state index contributed by atoms with van der Waals surface area (Å²) in [6.07, 6.45) is 0. The Hall–Kier alpha value is 0.200. The Morgan fingerprint density at radius 3 is 1.53 bits per heavy atom. The van der Waals surface area contributed by atoms with Crippen molar-refractivity contribution in [3.8, 4) is 0 Å². The van der Waals surface area contributed by atoms with Crippen LogP contribution in [-0.4, -0.2) is 35.4 Å². The smallest absolute Gasteiger partial charge is 0.133 e. The van der Waals surface area contributed by atoms with Crippen LogP contribution in [0, 0.1) is 11.8 Å². The highest BCUT2D eigenvalue weighted by molar-refractivity contribution is 8.10. The monoisotopic (exact) mass is 278 g/mol. The Kier molecular flexibility index (Phi) is 14.5. The first-order valence-electron chi connectivity index (χ1n) is 6.53. The second-order valence-corrected chi connectivity index (χ2v) is 6.01. The molecule has 0 saturated carbocycles. The van der Waals surface area contributed by atoms with Crippen molar-refractivity contribution in [2.75, 3.05) is 26.2 Å². The average molecular weight is 279 g/mol. The summed E-state index contributed by atoms with van der Waals surface area (Å²) in [7, 11) is 0. The molecule has 0 rings (SSSR count). The fraction of sp³-hybridized carbons (Fsp3) is 0.923. The van der Waals surface area contributed by atoms with Gasteiger partial charge in [-0.15, -0.1) is 12.6 Å². The molecule has 0 amide bonds. The quantitative estimate of drug-likeness (QED) is 0.572. The highest BCUT2D eigenvalue weighted by atomic mass is 32.1. The second-order valence-electron chi connectivity index (χ2n) is 4.90. The molecule has 0 radical (unpaired) electrons. The van der Waals surface area contributed by atoms with E-state index in [1.807, 2.05) is 4.90 Å². The van der Waals surface area contributed by atoms with E-state index in [2.05, 4.69) is 59.5 Å². The molecular formula is C13H30N2S2. The van der Waals surface area contributed by atoms with Gasteiger partial charge in [0, 0.05) is 13.1 Å². The lowest BCUT2D eigenvalue weighted by molar-refractivity contribution is 0.482. The number of nitrogens with one attached hydrogen (secondary N) is 1. The highest BCUT2D eigenvalue weighted by Gasteiger charge is 1.96. The van der Waals surface area contributed by atoms with E-state index in [4.69, 9.17) is 12.2 Å². The van der Waals surface area contributed by atoms with Gasteiger partial charge in [0.25, 0.3) is 0 Å². The molecule has 2 nitrogen and oxygen atoms in total. The Balaban J connectivity index is 0. The molecule has 0 aliphatic rings. The molecule has 0 fully saturated rings. The highest BCUT2D eigenvalue weighted by Crippen LogP contribution is 1.93. The molecule has 0 unspecified atom stereocenters. The van der Waals surface area contributed by atoms with Gasteiger partial charge in [-0.1, -0.05) is 39.9 Å². The van der Waals surface area contributed by atoms with Crippen LogP contribution >= 0.6 is 24.8 Å². The van der Waals surface area contributed by atoms with E-state index in [9.17, 15) is 0 Å². The zero-order valence-electron chi connectivity index (χ0n) is 12.3. The molecule has 0 aromatic carbocycles. The number of hydrogen-bond acceptors (Lipinski definition) is 2. The van der Waals surface area contributed by atoms with E-state index in [-0.39, 0.29) is 0 Å². The molecular weight excluding hydrogens is 248 g/mol. The number of hydrogen-bond donors (Lipinski definition) is 2. The van der Waals surface area contributed by atoms with Crippen molar-refractivity contribution in [2.45, 2.75) is 41.5 Å². The molecule has 4 heteroatoms. The normalized spacial score (nSPS) is 10.2.